The fourth-order valence-electron chi connectivity index (χ4n) is 1.55. The molecule has 1 fully saturated rings. The fraction of sp³-hybridized carbons (Fsp3) is 0.444. The molecule has 1 aromatic heterocycles. The second kappa shape index (κ2) is 3.51. The van der Waals surface area contributed by atoms with Gasteiger partial charge in [0.15, 0.2) is 0 Å². The van der Waals surface area contributed by atoms with Gasteiger partial charge in [-0.3, -0.25) is 5.41 Å². The van der Waals surface area contributed by atoms with Gasteiger partial charge in [-0.25, -0.2) is 9.97 Å². The van der Waals surface area contributed by atoms with E-state index in [4.69, 9.17) is 5.41 Å². The van der Waals surface area contributed by atoms with Crippen molar-refractivity contribution in [2.24, 2.45) is 0 Å². The van der Waals surface area contributed by atoms with Gasteiger partial charge in [0.2, 0.25) is 0 Å². The van der Waals surface area contributed by atoms with Gasteiger partial charge in [-0.1, -0.05) is 0 Å². The number of anilines is 1. The van der Waals surface area contributed by atoms with Crippen molar-refractivity contribution in [1.82, 2.24) is 9.97 Å². The molecular weight excluding hydrogens is 164 g/mol. The van der Waals surface area contributed by atoms with E-state index in [-0.39, 0.29) is 0 Å². The normalized spacial score (nSPS) is 17.5. The lowest BCUT2D eigenvalue weighted by molar-refractivity contribution is 0.706. The molecule has 0 saturated carbocycles. The molecule has 1 N–H and O–H groups in total. The number of aromatic nitrogens is 2. The molecule has 1 aromatic rings. The summed E-state index contributed by atoms with van der Waals surface area (Å²) in [6, 6.07) is 0. The Morgan fingerprint density at radius 2 is 2.00 bits per heavy atom. The lowest BCUT2D eigenvalue weighted by atomic mass is 10.1. The molecule has 0 spiro atoms. The molecule has 2 rings (SSSR count). The second-order valence-corrected chi connectivity index (χ2v) is 3.15. The summed E-state index contributed by atoms with van der Waals surface area (Å²) in [5, 5.41) is 7.75. The van der Waals surface area contributed by atoms with Crippen molar-refractivity contribution >= 4 is 11.5 Å². The third-order valence-electron chi connectivity index (χ3n) is 2.23. The van der Waals surface area contributed by atoms with Gasteiger partial charge in [0.05, 0.1) is 18.1 Å². The summed E-state index contributed by atoms with van der Waals surface area (Å²) in [6.07, 6.45) is 8.17. The Hall–Kier alpha value is -1.45. The maximum atomic E-state index is 7.75. The number of hydrogen-bond donors (Lipinski definition) is 1. The topological polar surface area (TPSA) is 52.9 Å². The number of rotatable bonds is 1. The standard InChI is InChI=1S/C9H12N4/c10-9-3-1-2-4-13(9)8-5-11-7-12-6-8/h5-7,10H,1-4H2. The van der Waals surface area contributed by atoms with Gasteiger partial charge in [-0.15, -0.1) is 0 Å². The SMILES string of the molecule is N=C1CCCCN1c1cncnc1. The maximum absolute atomic E-state index is 7.75. The highest BCUT2D eigenvalue weighted by Gasteiger charge is 2.16. The highest BCUT2D eigenvalue weighted by atomic mass is 15.2. The number of nitrogens with zero attached hydrogens (tertiary/aromatic N) is 3. The van der Waals surface area contributed by atoms with Crippen molar-refractivity contribution in [1.29, 1.82) is 5.41 Å². The van der Waals surface area contributed by atoms with Gasteiger partial charge in [-0.05, 0) is 12.8 Å². The van der Waals surface area contributed by atoms with E-state index < -0.39 is 0 Å². The van der Waals surface area contributed by atoms with Crippen molar-refractivity contribution < 1.29 is 0 Å². The Morgan fingerprint density at radius 1 is 1.23 bits per heavy atom. The minimum atomic E-state index is 0.682. The molecule has 2 heterocycles. The summed E-state index contributed by atoms with van der Waals surface area (Å²) in [6.45, 7) is 0.923. The zero-order chi connectivity index (χ0) is 9.10. The van der Waals surface area contributed by atoms with Crippen LogP contribution in [0.4, 0.5) is 5.69 Å². The maximum Gasteiger partial charge on any atom is 0.115 e. The van der Waals surface area contributed by atoms with Crippen LogP contribution in [-0.2, 0) is 0 Å². The molecule has 0 unspecified atom stereocenters. The summed E-state index contributed by atoms with van der Waals surface area (Å²) >= 11 is 0. The highest BCUT2D eigenvalue weighted by Crippen LogP contribution is 2.18. The molecular formula is C9H12N4. The van der Waals surface area contributed by atoms with Crippen LogP contribution in [-0.4, -0.2) is 22.3 Å². The minimum absolute atomic E-state index is 0.682. The average Bonchev–Trinajstić information content (AvgIpc) is 2.20. The molecule has 0 aromatic carbocycles. The molecule has 0 radical (unpaired) electrons. The first kappa shape index (κ1) is 8.16. The first-order chi connectivity index (χ1) is 6.38. The highest BCUT2D eigenvalue weighted by molar-refractivity contribution is 5.95. The summed E-state index contributed by atoms with van der Waals surface area (Å²) in [5.41, 5.74) is 0.937. The fourth-order valence-corrected chi connectivity index (χ4v) is 1.55. The van der Waals surface area contributed by atoms with Crippen molar-refractivity contribution in [3.05, 3.63) is 18.7 Å². The van der Waals surface area contributed by atoms with Crippen LogP contribution in [0, 0.1) is 5.41 Å². The summed E-state index contributed by atoms with van der Waals surface area (Å²) in [7, 11) is 0. The van der Waals surface area contributed by atoms with E-state index >= 15 is 0 Å². The van der Waals surface area contributed by atoms with E-state index in [0.29, 0.717) is 5.84 Å². The molecule has 4 nitrogen and oxygen atoms in total. The Labute approximate surface area is 77.1 Å². The first-order valence-electron chi connectivity index (χ1n) is 4.48. The van der Waals surface area contributed by atoms with Crippen LogP contribution in [0.25, 0.3) is 0 Å². The summed E-state index contributed by atoms with van der Waals surface area (Å²) in [5.74, 6) is 0.682. The lowest BCUT2D eigenvalue weighted by Gasteiger charge is -2.28. The zero-order valence-corrected chi connectivity index (χ0v) is 7.40. The molecule has 4 heteroatoms. The Morgan fingerprint density at radius 3 is 2.69 bits per heavy atom. The van der Waals surface area contributed by atoms with Crippen molar-refractivity contribution in [3.8, 4) is 0 Å². The predicted molar refractivity (Wildman–Crippen MR) is 51.0 cm³/mol. The molecule has 1 aliphatic rings. The third-order valence-corrected chi connectivity index (χ3v) is 2.23. The molecule has 0 bridgehead atoms. The van der Waals surface area contributed by atoms with Gasteiger partial charge in [0.25, 0.3) is 0 Å². The quantitative estimate of drug-likeness (QED) is 0.704. The lowest BCUT2D eigenvalue weighted by Crippen LogP contribution is -2.34. The van der Waals surface area contributed by atoms with E-state index in [1.165, 1.54) is 6.33 Å². The van der Waals surface area contributed by atoms with Crippen LogP contribution in [0.1, 0.15) is 19.3 Å². The Balaban J connectivity index is 2.20. The Bertz CT molecular complexity index is 296. The van der Waals surface area contributed by atoms with Gasteiger partial charge < -0.3 is 4.90 Å². The Kier molecular flexibility index (Phi) is 2.21. The smallest absolute Gasteiger partial charge is 0.115 e. The molecule has 13 heavy (non-hydrogen) atoms. The predicted octanol–water partition coefficient (Wildman–Crippen LogP) is 1.44. The van der Waals surface area contributed by atoms with E-state index in [2.05, 4.69) is 9.97 Å². The first-order valence-corrected chi connectivity index (χ1v) is 4.48. The zero-order valence-electron chi connectivity index (χ0n) is 7.40. The molecule has 0 atom stereocenters. The monoisotopic (exact) mass is 176 g/mol. The van der Waals surface area contributed by atoms with E-state index in [1.54, 1.807) is 12.4 Å². The van der Waals surface area contributed by atoms with E-state index in [9.17, 15) is 0 Å². The average molecular weight is 176 g/mol. The number of hydrogen-bond acceptors (Lipinski definition) is 3. The van der Waals surface area contributed by atoms with Gasteiger partial charge in [-0.2, -0.15) is 0 Å². The second-order valence-electron chi connectivity index (χ2n) is 3.15. The number of amidine groups is 1. The molecule has 1 saturated heterocycles. The van der Waals surface area contributed by atoms with Gasteiger partial charge in [0.1, 0.15) is 12.2 Å². The molecule has 1 aliphatic heterocycles. The van der Waals surface area contributed by atoms with Crippen molar-refractivity contribution in [2.75, 3.05) is 11.4 Å². The van der Waals surface area contributed by atoms with Crippen LogP contribution in [0.5, 0.6) is 0 Å². The van der Waals surface area contributed by atoms with Gasteiger partial charge >= 0.3 is 0 Å². The van der Waals surface area contributed by atoms with Crippen molar-refractivity contribution in [3.63, 3.8) is 0 Å². The molecule has 0 aliphatic carbocycles. The van der Waals surface area contributed by atoms with Crippen LogP contribution in [0.15, 0.2) is 18.7 Å². The van der Waals surface area contributed by atoms with Crippen LogP contribution >= 0.6 is 0 Å². The van der Waals surface area contributed by atoms with E-state index in [1.807, 2.05) is 4.90 Å². The van der Waals surface area contributed by atoms with E-state index in [0.717, 1.165) is 31.5 Å². The largest absolute Gasteiger partial charge is 0.328 e. The minimum Gasteiger partial charge on any atom is -0.328 e. The molecule has 68 valence electrons. The molecule has 0 amide bonds. The van der Waals surface area contributed by atoms with Gasteiger partial charge in [0, 0.05) is 13.0 Å². The summed E-state index contributed by atoms with van der Waals surface area (Å²) in [4.78, 5) is 9.87. The number of piperidine rings is 1. The van der Waals surface area contributed by atoms with Crippen LogP contribution in [0.2, 0.25) is 0 Å². The third kappa shape index (κ3) is 1.66. The number of nitrogens with one attached hydrogen (secondary N) is 1. The van der Waals surface area contributed by atoms with Crippen molar-refractivity contribution in [2.45, 2.75) is 19.3 Å². The van der Waals surface area contributed by atoms with Crippen LogP contribution in [0.3, 0.4) is 0 Å². The summed E-state index contributed by atoms with van der Waals surface area (Å²) < 4.78 is 0. The van der Waals surface area contributed by atoms with Crippen LogP contribution < -0.4 is 4.90 Å².